The number of sulfone groups is 1. The number of benzene rings is 2. The van der Waals surface area contributed by atoms with E-state index in [1.165, 1.54) is 4.90 Å². The number of amides is 1. The quantitative estimate of drug-likeness (QED) is 0.312. The molecule has 1 aliphatic heterocycles. The SMILES string of the molecule is O=C(O)C1CCN(C(=O)[C@H]2CC[C@@]3(S(=O)(=O)c4ccc(F)cc4)c4ccc(C(F)(C(F)(F)F)C(F)(F)F)cc4CC[C@@H]23)CC1. The lowest BCUT2D eigenvalue weighted by molar-refractivity contribution is -0.348. The molecule has 3 aliphatic rings. The van der Waals surface area contributed by atoms with Crippen molar-refractivity contribution < 1.29 is 58.2 Å². The minimum absolute atomic E-state index is 0.00211. The fourth-order valence-electron chi connectivity index (χ4n) is 7.26. The highest BCUT2D eigenvalue weighted by atomic mass is 32.2. The Morgan fingerprint density at radius 2 is 1.45 bits per heavy atom. The first kappa shape index (κ1) is 32.2. The fourth-order valence-corrected chi connectivity index (χ4v) is 9.73. The van der Waals surface area contributed by atoms with Crippen molar-refractivity contribution in [3.05, 3.63) is 65.0 Å². The normalized spacial score (nSPS) is 25.0. The largest absolute Gasteiger partial charge is 0.481 e. The summed E-state index contributed by atoms with van der Waals surface area (Å²) in [6.07, 6.45) is -12.9. The second-order valence-electron chi connectivity index (χ2n) is 11.6. The van der Waals surface area contributed by atoms with Crippen LogP contribution in [-0.2, 0) is 36.3 Å². The number of halogens is 8. The second kappa shape index (κ2) is 10.7. The van der Waals surface area contributed by atoms with Gasteiger partial charge < -0.3 is 10.0 Å². The number of nitrogens with zero attached hydrogens (tertiary/aromatic N) is 1. The number of carboxylic acids is 1. The molecule has 240 valence electrons. The highest BCUT2D eigenvalue weighted by Gasteiger charge is 2.74. The van der Waals surface area contributed by atoms with Crippen LogP contribution in [0.1, 0.15) is 48.8 Å². The Hall–Kier alpha value is -3.23. The van der Waals surface area contributed by atoms with Crippen molar-refractivity contribution in [3.63, 3.8) is 0 Å². The lowest BCUT2D eigenvalue weighted by Crippen LogP contribution is -2.51. The number of alkyl halides is 7. The monoisotopic (exact) mass is 653 g/mol. The third-order valence-electron chi connectivity index (χ3n) is 9.45. The van der Waals surface area contributed by atoms with Gasteiger partial charge in [0.25, 0.3) is 0 Å². The van der Waals surface area contributed by atoms with Gasteiger partial charge in [-0.15, -0.1) is 0 Å². The van der Waals surface area contributed by atoms with Gasteiger partial charge in [-0.2, -0.15) is 26.3 Å². The van der Waals surface area contributed by atoms with E-state index >= 15 is 0 Å². The summed E-state index contributed by atoms with van der Waals surface area (Å²) in [4.78, 5) is 26.2. The van der Waals surface area contributed by atoms with Crippen molar-refractivity contribution in [2.75, 3.05) is 13.1 Å². The first-order chi connectivity index (χ1) is 20.4. The molecule has 2 aliphatic carbocycles. The molecule has 0 spiro atoms. The number of rotatable bonds is 5. The Bertz CT molecular complexity index is 1550. The molecule has 0 aromatic heterocycles. The number of carboxylic acid groups (broad SMARTS) is 1. The Labute approximate surface area is 247 Å². The molecular formula is C29H27F8NO5S. The van der Waals surface area contributed by atoms with Crippen LogP contribution >= 0.6 is 0 Å². The molecule has 2 aromatic carbocycles. The zero-order chi connectivity index (χ0) is 32.5. The molecule has 1 saturated carbocycles. The van der Waals surface area contributed by atoms with Crippen LogP contribution in [-0.4, -0.2) is 55.7 Å². The second-order valence-corrected chi connectivity index (χ2v) is 13.8. The van der Waals surface area contributed by atoms with Crippen LogP contribution in [0.3, 0.4) is 0 Å². The lowest BCUT2D eigenvalue weighted by Gasteiger charge is -2.43. The highest BCUT2D eigenvalue weighted by Crippen LogP contribution is 2.61. The molecule has 44 heavy (non-hydrogen) atoms. The Kier molecular flexibility index (Phi) is 7.82. The van der Waals surface area contributed by atoms with Crippen molar-refractivity contribution in [2.24, 2.45) is 17.8 Å². The molecule has 6 nitrogen and oxygen atoms in total. The molecule has 5 rings (SSSR count). The summed E-state index contributed by atoms with van der Waals surface area (Å²) < 4.78 is 137. The minimum Gasteiger partial charge on any atom is -0.481 e. The molecule has 3 atom stereocenters. The van der Waals surface area contributed by atoms with Gasteiger partial charge in [-0.3, -0.25) is 9.59 Å². The molecular weight excluding hydrogens is 626 g/mol. The lowest BCUT2D eigenvalue weighted by atomic mass is 9.72. The van der Waals surface area contributed by atoms with E-state index in [0.29, 0.717) is 6.07 Å². The molecule has 0 radical (unpaired) electrons. The van der Waals surface area contributed by atoms with E-state index in [0.717, 1.165) is 30.3 Å². The van der Waals surface area contributed by atoms with Crippen molar-refractivity contribution in [1.29, 1.82) is 0 Å². The number of carbonyl (C=O) groups is 2. The molecule has 1 saturated heterocycles. The van der Waals surface area contributed by atoms with Crippen molar-refractivity contribution in [1.82, 2.24) is 4.90 Å². The molecule has 2 aromatic rings. The highest BCUT2D eigenvalue weighted by molar-refractivity contribution is 7.92. The smallest absolute Gasteiger partial charge is 0.435 e. The van der Waals surface area contributed by atoms with Gasteiger partial charge in [0.15, 0.2) is 9.84 Å². The maximum absolute atomic E-state index is 15.0. The number of hydrogen-bond acceptors (Lipinski definition) is 4. The van der Waals surface area contributed by atoms with Crippen molar-refractivity contribution in [3.8, 4) is 0 Å². The number of carbonyl (C=O) groups excluding carboxylic acids is 1. The molecule has 1 heterocycles. The van der Waals surface area contributed by atoms with Crippen LogP contribution in [0.4, 0.5) is 35.1 Å². The van der Waals surface area contributed by atoms with Crippen LogP contribution in [0, 0.1) is 23.6 Å². The zero-order valence-electron chi connectivity index (χ0n) is 22.9. The maximum Gasteiger partial charge on any atom is 0.435 e. The Morgan fingerprint density at radius 1 is 0.864 bits per heavy atom. The van der Waals surface area contributed by atoms with Gasteiger partial charge in [0, 0.05) is 24.6 Å². The maximum atomic E-state index is 15.0. The third kappa shape index (κ3) is 4.76. The van der Waals surface area contributed by atoms with E-state index in [9.17, 15) is 58.2 Å². The van der Waals surface area contributed by atoms with Crippen LogP contribution in [0.15, 0.2) is 47.4 Å². The van der Waals surface area contributed by atoms with Crippen LogP contribution < -0.4 is 0 Å². The molecule has 1 amide bonds. The molecule has 2 fully saturated rings. The van der Waals surface area contributed by atoms with Crippen LogP contribution in [0.25, 0.3) is 0 Å². The minimum atomic E-state index is -6.37. The van der Waals surface area contributed by atoms with Gasteiger partial charge in [-0.1, -0.05) is 18.2 Å². The summed E-state index contributed by atoms with van der Waals surface area (Å²) in [7, 11) is -4.57. The van der Waals surface area contributed by atoms with Gasteiger partial charge in [-0.05, 0) is 79.8 Å². The van der Waals surface area contributed by atoms with E-state index in [1.807, 2.05) is 0 Å². The van der Waals surface area contributed by atoms with Crippen LogP contribution in [0.2, 0.25) is 0 Å². The summed E-state index contributed by atoms with van der Waals surface area (Å²) in [5.74, 6) is -4.71. The molecule has 0 bridgehead atoms. The average molecular weight is 654 g/mol. The molecule has 0 unspecified atom stereocenters. The van der Waals surface area contributed by atoms with Gasteiger partial charge in [0.2, 0.25) is 5.91 Å². The number of aliphatic carboxylic acids is 1. The fraction of sp³-hybridized carbons (Fsp3) is 0.517. The van der Waals surface area contributed by atoms with E-state index in [-0.39, 0.29) is 73.7 Å². The number of hydrogen-bond donors (Lipinski definition) is 1. The van der Waals surface area contributed by atoms with Gasteiger partial charge >= 0.3 is 24.0 Å². The average Bonchev–Trinajstić information content (AvgIpc) is 3.37. The van der Waals surface area contributed by atoms with Gasteiger partial charge in [-0.25, -0.2) is 17.2 Å². The van der Waals surface area contributed by atoms with Crippen LogP contribution in [0.5, 0.6) is 0 Å². The zero-order valence-corrected chi connectivity index (χ0v) is 23.7. The third-order valence-corrected chi connectivity index (χ3v) is 12.0. The summed E-state index contributed by atoms with van der Waals surface area (Å²) in [6, 6.07) is 5.22. The first-order valence-electron chi connectivity index (χ1n) is 13.8. The van der Waals surface area contributed by atoms with Crippen molar-refractivity contribution >= 4 is 21.7 Å². The topological polar surface area (TPSA) is 91.8 Å². The number of fused-ring (bicyclic) bond motifs is 3. The summed E-state index contributed by atoms with van der Waals surface area (Å²) in [5, 5.41) is 9.29. The van der Waals surface area contributed by atoms with E-state index in [2.05, 4.69) is 0 Å². The van der Waals surface area contributed by atoms with E-state index in [4.69, 9.17) is 0 Å². The summed E-state index contributed by atoms with van der Waals surface area (Å²) in [5.41, 5.74) is -7.81. The predicted octanol–water partition coefficient (Wildman–Crippen LogP) is 6.08. The van der Waals surface area contributed by atoms with E-state index in [1.54, 1.807) is 0 Å². The summed E-state index contributed by atoms with van der Waals surface area (Å²) in [6.45, 7) is 0.230. The number of aryl methyl sites for hydroxylation is 1. The van der Waals surface area contributed by atoms with E-state index < -0.39 is 73.6 Å². The Balaban J connectivity index is 1.62. The molecule has 15 heteroatoms. The standard InChI is InChI=1S/C29H27F8NO5S/c30-19-3-5-20(6-4-19)44(42,43)26-12-9-21(24(39)38-13-10-16(11-14-38)25(40)41)23(26)7-1-17-15-18(2-8-22(17)26)27(31,28(32,33)34)29(35,36)37/h2-6,8,15-16,21,23H,1,7,9-14H2,(H,40,41)/t21-,23-,26+/m0/s1. The predicted molar refractivity (Wildman–Crippen MR) is 138 cm³/mol. The number of piperidine rings is 1. The first-order valence-corrected chi connectivity index (χ1v) is 15.3. The van der Waals surface area contributed by atoms with Gasteiger partial charge in [0.1, 0.15) is 10.6 Å². The van der Waals surface area contributed by atoms with Crippen molar-refractivity contribution in [2.45, 2.75) is 66.2 Å². The Morgan fingerprint density at radius 3 is 2.00 bits per heavy atom. The number of likely N-dealkylation sites (tertiary alicyclic amines) is 1. The molecule has 1 N–H and O–H groups in total. The summed E-state index contributed by atoms with van der Waals surface area (Å²) >= 11 is 0. The van der Waals surface area contributed by atoms with Gasteiger partial charge in [0.05, 0.1) is 10.8 Å².